The third-order valence-electron chi connectivity index (χ3n) is 3.28. The molecular formula is C16H16ClFN2O4S. The second-order valence-corrected chi connectivity index (χ2v) is 7.26. The summed E-state index contributed by atoms with van der Waals surface area (Å²) in [6, 6.07) is 8.33. The standard InChI is InChI=1S/C16H16ClFN2O4S/c1-10(16(21)19-11-3-8-15(18)14(17)9-11)20-25(22,23)13-6-4-12(24-2)5-7-13/h3-10,20H,1-2H3,(H,19,21)/t10-/m1/s1. The van der Waals surface area contributed by atoms with Gasteiger partial charge in [0.2, 0.25) is 15.9 Å². The van der Waals surface area contributed by atoms with Crippen molar-refractivity contribution in [2.24, 2.45) is 0 Å². The highest BCUT2D eigenvalue weighted by atomic mass is 35.5. The van der Waals surface area contributed by atoms with Crippen molar-refractivity contribution < 1.29 is 22.3 Å². The highest BCUT2D eigenvalue weighted by molar-refractivity contribution is 7.89. The van der Waals surface area contributed by atoms with E-state index in [4.69, 9.17) is 16.3 Å². The number of ether oxygens (including phenoxy) is 1. The summed E-state index contributed by atoms with van der Waals surface area (Å²) in [7, 11) is -2.42. The second-order valence-electron chi connectivity index (χ2n) is 5.14. The molecule has 2 aromatic carbocycles. The van der Waals surface area contributed by atoms with Crippen molar-refractivity contribution in [3.63, 3.8) is 0 Å². The van der Waals surface area contributed by atoms with Crippen LogP contribution in [-0.4, -0.2) is 27.5 Å². The zero-order valence-electron chi connectivity index (χ0n) is 13.4. The number of carbonyl (C=O) groups is 1. The van der Waals surface area contributed by atoms with Gasteiger partial charge in [0.05, 0.1) is 23.1 Å². The van der Waals surface area contributed by atoms with E-state index in [1.54, 1.807) is 0 Å². The first-order valence-corrected chi connectivity index (χ1v) is 9.01. The van der Waals surface area contributed by atoms with Crippen molar-refractivity contribution in [3.05, 3.63) is 53.3 Å². The van der Waals surface area contributed by atoms with E-state index in [-0.39, 0.29) is 15.6 Å². The molecule has 2 aromatic rings. The molecule has 134 valence electrons. The number of rotatable bonds is 6. The fraction of sp³-hybridized carbons (Fsp3) is 0.188. The predicted molar refractivity (Wildman–Crippen MR) is 92.8 cm³/mol. The summed E-state index contributed by atoms with van der Waals surface area (Å²) in [5.74, 6) is -0.717. The van der Waals surface area contributed by atoms with Crippen molar-refractivity contribution in [1.82, 2.24) is 4.72 Å². The van der Waals surface area contributed by atoms with Gasteiger partial charge in [-0.25, -0.2) is 12.8 Å². The number of carbonyl (C=O) groups excluding carboxylic acids is 1. The van der Waals surface area contributed by atoms with Gasteiger partial charge in [0.15, 0.2) is 0 Å². The van der Waals surface area contributed by atoms with Gasteiger partial charge in [-0.3, -0.25) is 4.79 Å². The summed E-state index contributed by atoms with van der Waals surface area (Å²) in [6.07, 6.45) is 0. The third kappa shape index (κ3) is 4.91. The molecule has 0 aliphatic rings. The Morgan fingerprint density at radius 1 is 1.20 bits per heavy atom. The summed E-state index contributed by atoms with van der Waals surface area (Å²) in [6.45, 7) is 1.39. The van der Waals surface area contributed by atoms with Gasteiger partial charge in [-0.05, 0) is 49.4 Å². The van der Waals surface area contributed by atoms with E-state index < -0.39 is 27.8 Å². The largest absolute Gasteiger partial charge is 0.497 e. The van der Waals surface area contributed by atoms with Crippen LogP contribution >= 0.6 is 11.6 Å². The van der Waals surface area contributed by atoms with Gasteiger partial charge in [0.1, 0.15) is 11.6 Å². The minimum Gasteiger partial charge on any atom is -0.497 e. The Kier molecular flexibility index (Phi) is 5.99. The number of hydrogen-bond donors (Lipinski definition) is 2. The Morgan fingerprint density at radius 2 is 1.84 bits per heavy atom. The van der Waals surface area contributed by atoms with Crippen LogP contribution in [0, 0.1) is 5.82 Å². The topological polar surface area (TPSA) is 84.5 Å². The van der Waals surface area contributed by atoms with Gasteiger partial charge in [-0.1, -0.05) is 11.6 Å². The van der Waals surface area contributed by atoms with Crippen molar-refractivity contribution in [1.29, 1.82) is 0 Å². The predicted octanol–water partition coefficient (Wildman–Crippen LogP) is 2.79. The normalized spacial score (nSPS) is 12.5. The molecule has 2 N–H and O–H groups in total. The molecule has 0 saturated heterocycles. The Bertz CT molecular complexity index is 872. The molecule has 25 heavy (non-hydrogen) atoms. The first kappa shape index (κ1) is 19.2. The van der Waals surface area contributed by atoms with Crippen LogP contribution in [0.4, 0.5) is 10.1 Å². The van der Waals surface area contributed by atoms with Gasteiger partial charge in [0.25, 0.3) is 0 Å². The molecule has 0 bridgehead atoms. The smallest absolute Gasteiger partial charge is 0.242 e. The van der Waals surface area contributed by atoms with Crippen molar-refractivity contribution in [2.75, 3.05) is 12.4 Å². The number of halogens is 2. The van der Waals surface area contributed by atoms with Gasteiger partial charge in [-0.15, -0.1) is 0 Å². The molecule has 0 spiro atoms. The Morgan fingerprint density at radius 3 is 2.40 bits per heavy atom. The molecule has 9 heteroatoms. The molecule has 1 amide bonds. The molecule has 6 nitrogen and oxygen atoms in total. The minimum atomic E-state index is -3.89. The average molecular weight is 387 g/mol. The van der Waals surface area contributed by atoms with Gasteiger partial charge in [0, 0.05) is 5.69 Å². The van der Waals surface area contributed by atoms with Crippen LogP contribution in [0.2, 0.25) is 5.02 Å². The van der Waals surface area contributed by atoms with Gasteiger partial charge >= 0.3 is 0 Å². The van der Waals surface area contributed by atoms with E-state index in [1.165, 1.54) is 50.4 Å². The van der Waals surface area contributed by atoms with Crippen LogP contribution in [0.15, 0.2) is 47.4 Å². The van der Waals surface area contributed by atoms with Crippen molar-refractivity contribution in [3.8, 4) is 5.75 Å². The van der Waals surface area contributed by atoms with Crippen molar-refractivity contribution >= 4 is 33.2 Å². The van der Waals surface area contributed by atoms with E-state index >= 15 is 0 Å². The summed E-state index contributed by atoms with van der Waals surface area (Å²) in [5, 5.41) is 2.32. The summed E-state index contributed by atoms with van der Waals surface area (Å²) < 4.78 is 44.9. The van der Waals surface area contributed by atoms with Crippen LogP contribution in [-0.2, 0) is 14.8 Å². The Balaban J connectivity index is 2.07. The monoisotopic (exact) mass is 386 g/mol. The fourth-order valence-corrected chi connectivity index (χ4v) is 3.32. The van der Waals surface area contributed by atoms with E-state index in [2.05, 4.69) is 10.0 Å². The van der Waals surface area contributed by atoms with Gasteiger partial charge < -0.3 is 10.1 Å². The lowest BCUT2D eigenvalue weighted by Crippen LogP contribution is -2.41. The number of benzene rings is 2. The third-order valence-corrected chi connectivity index (χ3v) is 5.13. The number of methoxy groups -OCH3 is 1. The number of nitrogens with one attached hydrogen (secondary N) is 2. The van der Waals surface area contributed by atoms with Crippen LogP contribution in [0.1, 0.15) is 6.92 Å². The van der Waals surface area contributed by atoms with E-state index in [0.717, 1.165) is 6.07 Å². The van der Waals surface area contributed by atoms with Crippen LogP contribution in [0.25, 0.3) is 0 Å². The lowest BCUT2D eigenvalue weighted by molar-refractivity contribution is -0.117. The van der Waals surface area contributed by atoms with Crippen LogP contribution in [0.5, 0.6) is 5.75 Å². The number of sulfonamides is 1. The van der Waals surface area contributed by atoms with E-state index in [0.29, 0.717) is 5.75 Å². The summed E-state index contributed by atoms with van der Waals surface area (Å²) in [4.78, 5) is 12.1. The molecule has 0 aliphatic heterocycles. The lowest BCUT2D eigenvalue weighted by atomic mass is 10.3. The second kappa shape index (κ2) is 7.81. The number of hydrogen-bond acceptors (Lipinski definition) is 4. The van der Waals surface area contributed by atoms with Crippen LogP contribution < -0.4 is 14.8 Å². The maximum absolute atomic E-state index is 13.1. The minimum absolute atomic E-state index is 0.00206. The summed E-state index contributed by atoms with van der Waals surface area (Å²) in [5.41, 5.74) is 0.256. The molecule has 0 radical (unpaired) electrons. The molecule has 0 aliphatic carbocycles. The maximum Gasteiger partial charge on any atom is 0.242 e. The highest BCUT2D eigenvalue weighted by Crippen LogP contribution is 2.20. The maximum atomic E-state index is 13.1. The average Bonchev–Trinajstić information content (AvgIpc) is 2.57. The van der Waals surface area contributed by atoms with E-state index in [1.807, 2.05) is 0 Å². The van der Waals surface area contributed by atoms with Crippen molar-refractivity contribution in [2.45, 2.75) is 17.9 Å². The number of amides is 1. The Hall–Kier alpha value is -2.16. The SMILES string of the molecule is COc1ccc(S(=O)(=O)N[C@H](C)C(=O)Nc2ccc(F)c(Cl)c2)cc1. The highest BCUT2D eigenvalue weighted by Gasteiger charge is 2.22. The molecule has 0 fully saturated rings. The molecule has 0 saturated carbocycles. The number of anilines is 1. The van der Waals surface area contributed by atoms with Gasteiger partial charge in [-0.2, -0.15) is 4.72 Å². The molecule has 1 atom stereocenters. The first-order chi connectivity index (χ1) is 11.7. The molecule has 0 unspecified atom stereocenters. The zero-order chi connectivity index (χ0) is 18.6. The molecule has 0 aromatic heterocycles. The molecular weight excluding hydrogens is 371 g/mol. The Labute approximate surface area is 150 Å². The molecule has 2 rings (SSSR count). The first-order valence-electron chi connectivity index (χ1n) is 7.15. The summed E-state index contributed by atoms with van der Waals surface area (Å²) >= 11 is 5.64. The zero-order valence-corrected chi connectivity index (χ0v) is 15.0. The van der Waals surface area contributed by atoms with Crippen LogP contribution in [0.3, 0.4) is 0 Å². The molecule has 0 heterocycles. The van der Waals surface area contributed by atoms with E-state index in [9.17, 15) is 17.6 Å². The lowest BCUT2D eigenvalue weighted by Gasteiger charge is -2.15. The fourth-order valence-electron chi connectivity index (χ4n) is 1.93. The quantitative estimate of drug-likeness (QED) is 0.799.